The normalized spacial score (nSPS) is 19.7. The zero-order valence-corrected chi connectivity index (χ0v) is 13.6. The largest absolute Gasteiger partial charge is 0.376 e. The lowest BCUT2D eigenvalue weighted by Gasteiger charge is -2.10. The van der Waals surface area contributed by atoms with E-state index in [9.17, 15) is 14.9 Å². The van der Waals surface area contributed by atoms with Gasteiger partial charge in [-0.3, -0.25) is 9.59 Å². The highest BCUT2D eigenvalue weighted by molar-refractivity contribution is 7.16. The van der Waals surface area contributed by atoms with Gasteiger partial charge in [0, 0.05) is 18.0 Å². The summed E-state index contributed by atoms with van der Waals surface area (Å²) in [6, 6.07) is 2.17. The predicted molar refractivity (Wildman–Crippen MR) is 86.3 cm³/mol. The zero-order valence-electron chi connectivity index (χ0n) is 12.8. The molecule has 1 aromatic heterocycles. The molecule has 1 aliphatic carbocycles. The molecule has 0 radical (unpaired) electrons. The number of hydrogen-bond donors (Lipinski definition) is 2. The number of aryl methyl sites for hydroxylation is 1. The Hall–Kier alpha value is -1.91. The molecule has 1 aliphatic heterocycles. The van der Waals surface area contributed by atoms with E-state index in [1.165, 1.54) is 11.3 Å². The maximum Gasteiger partial charge on any atom is 0.314 e. The number of fused-ring (bicyclic) bond motifs is 1. The molecule has 1 fully saturated rings. The molecule has 2 amide bonds. The van der Waals surface area contributed by atoms with E-state index in [0.29, 0.717) is 23.7 Å². The van der Waals surface area contributed by atoms with Gasteiger partial charge in [0.05, 0.1) is 11.7 Å². The molecule has 1 atom stereocenters. The molecule has 2 aliphatic rings. The summed E-state index contributed by atoms with van der Waals surface area (Å²) in [6.07, 6.45) is 5.86. The monoisotopic (exact) mass is 333 g/mol. The molecule has 23 heavy (non-hydrogen) atoms. The second kappa shape index (κ2) is 7.11. The van der Waals surface area contributed by atoms with Gasteiger partial charge in [-0.1, -0.05) is 0 Å². The number of hydrogen-bond acceptors (Lipinski definition) is 5. The smallest absolute Gasteiger partial charge is 0.314 e. The fourth-order valence-corrected chi connectivity index (χ4v) is 4.26. The van der Waals surface area contributed by atoms with Crippen molar-refractivity contribution in [3.8, 4) is 6.07 Å². The fourth-order valence-electron chi connectivity index (χ4n) is 3.02. The first-order chi connectivity index (χ1) is 11.2. The Kier molecular flexibility index (Phi) is 4.94. The lowest BCUT2D eigenvalue weighted by molar-refractivity contribution is -0.136. The molecule has 0 saturated carbocycles. The molecular formula is C16H19N3O3S. The van der Waals surface area contributed by atoms with Crippen LogP contribution in [0.15, 0.2) is 0 Å². The number of anilines is 1. The van der Waals surface area contributed by atoms with Crippen molar-refractivity contribution >= 4 is 28.2 Å². The van der Waals surface area contributed by atoms with Crippen LogP contribution in [0.3, 0.4) is 0 Å². The first-order valence-corrected chi connectivity index (χ1v) is 8.76. The summed E-state index contributed by atoms with van der Waals surface area (Å²) in [7, 11) is 0. The Bertz CT molecular complexity index is 656. The molecule has 0 unspecified atom stereocenters. The number of nitrogens with one attached hydrogen (secondary N) is 2. The Morgan fingerprint density at radius 2 is 2.09 bits per heavy atom. The Morgan fingerprint density at radius 3 is 2.83 bits per heavy atom. The van der Waals surface area contributed by atoms with Gasteiger partial charge in [0.1, 0.15) is 11.1 Å². The summed E-state index contributed by atoms with van der Waals surface area (Å²) in [4.78, 5) is 25.1. The third-order valence-electron chi connectivity index (χ3n) is 4.23. The van der Waals surface area contributed by atoms with E-state index in [2.05, 4.69) is 16.7 Å². The van der Waals surface area contributed by atoms with Crippen molar-refractivity contribution in [2.75, 3.05) is 18.5 Å². The summed E-state index contributed by atoms with van der Waals surface area (Å²) < 4.78 is 5.41. The molecule has 2 heterocycles. The topological polar surface area (TPSA) is 91.2 Å². The van der Waals surface area contributed by atoms with Crippen LogP contribution in [0.25, 0.3) is 0 Å². The van der Waals surface area contributed by atoms with Gasteiger partial charge in [0.15, 0.2) is 0 Å². The standard InChI is InChI=1S/C16H19N3O3S/c17-8-12-11-5-1-2-6-13(11)23-16(12)19-15(21)14(20)18-9-10-4-3-7-22-10/h10H,1-7,9H2,(H,18,20)(H,19,21)/t10-/m0/s1. The second-order valence-corrected chi connectivity index (χ2v) is 6.93. The van der Waals surface area contributed by atoms with Crippen molar-refractivity contribution < 1.29 is 14.3 Å². The van der Waals surface area contributed by atoms with Gasteiger partial charge in [-0.05, 0) is 44.1 Å². The molecule has 7 heteroatoms. The van der Waals surface area contributed by atoms with Crippen molar-refractivity contribution in [1.29, 1.82) is 5.26 Å². The van der Waals surface area contributed by atoms with Gasteiger partial charge in [-0.25, -0.2) is 0 Å². The molecule has 1 saturated heterocycles. The van der Waals surface area contributed by atoms with E-state index in [1.807, 2.05) is 0 Å². The van der Waals surface area contributed by atoms with E-state index in [1.54, 1.807) is 0 Å². The van der Waals surface area contributed by atoms with E-state index < -0.39 is 11.8 Å². The van der Waals surface area contributed by atoms with Crippen LogP contribution in [0.2, 0.25) is 0 Å². The number of nitrogens with zero attached hydrogens (tertiary/aromatic N) is 1. The molecule has 6 nitrogen and oxygen atoms in total. The number of carbonyl (C=O) groups excluding carboxylic acids is 2. The van der Waals surface area contributed by atoms with Crippen molar-refractivity contribution in [3.05, 3.63) is 16.0 Å². The van der Waals surface area contributed by atoms with Crippen LogP contribution in [0.5, 0.6) is 0 Å². The summed E-state index contributed by atoms with van der Waals surface area (Å²) in [5, 5.41) is 15.0. The van der Waals surface area contributed by atoms with Gasteiger partial charge < -0.3 is 15.4 Å². The zero-order chi connectivity index (χ0) is 16.2. The second-order valence-electron chi connectivity index (χ2n) is 5.83. The van der Waals surface area contributed by atoms with Crippen LogP contribution in [-0.4, -0.2) is 31.1 Å². The molecular weight excluding hydrogens is 314 g/mol. The minimum absolute atomic E-state index is 0.00419. The van der Waals surface area contributed by atoms with Gasteiger partial charge in [-0.2, -0.15) is 5.26 Å². The fraction of sp³-hybridized carbons (Fsp3) is 0.562. The SMILES string of the molecule is N#Cc1c(NC(=O)C(=O)NC[C@@H]2CCCO2)sc2c1CCCC2. The molecule has 0 aromatic carbocycles. The third kappa shape index (κ3) is 3.54. The lowest BCUT2D eigenvalue weighted by atomic mass is 9.96. The van der Waals surface area contributed by atoms with Gasteiger partial charge in [-0.15, -0.1) is 11.3 Å². The molecule has 1 aromatic rings. The minimum atomic E-state index is -0.724. The highest BCUT2D eigenvalue weighted by Gasteiger charge is 2.24. The summed E-state index contributed by atoms with van der Waals surface area (Å²) in [5.41, 5.74) is 1.56. The van der Waals surface area contributed by atoms with Crippen LogP contribution < -0.4 is 10.6 Å². The Balaban J connectivity index is 1.62. The number of carbonyl (C=O) groups is 2. The first-order valence-electron chi connectivity index (χ1n) is 7.94. The number of thiophene rings is 1. The molecule has 3 rings (SSSR count). The molecule has 2 N–H and O–H groups in total. The van der Waals surface area contributed by atoms with Gasteiger partial charge in [0.25, 0.3) is 0 Å². The van der Waals surface area contributed by atoms with Gasteiger partial charge in [0.2, 0.25) is 0 Å². The predicted octanol–water partition coefficient (Wildman–Crippen LogP) is 1.73. The number of amides is 2. The van der Waals surface area contributed by atoms with Crippen LogP contribution in [0.4, 0.5) is 5.00 Å². The number of ether oxygens (including phenoxy) is 1. The van der Waals surface area contributed by atoms with Crippen molar-refractivity contribution in [2.24, 2.45) is 0 Å². The van der Waals surface area contributed by atoms with E-state index >= 15 is 0 Å². The number of nitriles is 1. The third-order valence-corrected chi connectivity index (χ3v) is 5.44. The van der Waals surface area contributed by atoms with Crippen molar-refractivity contribution in [3.63, 3.8) is 0 Å². The van der Waals surface area contributed by atoms with Crippen LogP contribution in [0.1, 0.15) is 41.7 Å². The summed E-state index contributed by atoms with van der Waals surface area (Å²) in [5.74, 6) is -1.41. The number of rotatable bonds is 3. The Labute approximate surface area is 138 Å². The lowest BCUT2D eigenvalue weighted by Crippen LogP contribution is -2.39. The van der Waals surface area contributed by atoms with Crippen LogP contribution >= 0.6 is 11.3 Å². The van der Waals surface area contributed by atoms with Crippen LogP contribution in [0, 0.1) is 11.3 Å². The van der Waals surface area contributed by atoms with E-state index in [4.69, 9.17) is 4.74 Å². The van der Waals surface area contributed by atoms with E-state index in [0.717, 1.165) is 49.0 Å². The van der Waals surface area contributed by atoms with E-state index in [-0.39, 0.29) is 6.10 Å². The average molecular weight is 333 g/mol. The summed E-state index contributed by atoms with van der Waals surface area (Å²) in [6.45, 7) is 1.05. The highest BCUT2D eigenvalue weighted by atomic mass is 32.1. The molecule has 0 spiro atoms. The maximum atomic E-state index is 12.0. The quantitative estimate of drug-likeness (QED) is 0.824. The van der Waals surface area contributed by atoms with Crippen molar-refractivity contribution in [2.45, 2.75) is 44.6 Å². The maximum absolute atomic E-state index is 12.0. The Morgan fingerprint density at radius 1 is 1.26 bits per heavy atom. The highest BCUT2D eigenvalue weighted by Crippen LogP contribution is 2.37. The molecule has 122 valence electrons. The molecule has 0 bridgehead atoms. The van der Waals surface area contributed by atoms with Crippen molar-refractivity contribution in [1.82, 2.24) is 5.32 Å². The average Bonchev–Trinajstić information content (AvgIpc) is 3.19. The summed E-state index contributed by atoms with van der Waals surface area (Å²) >= 11 is 1.42. The first kappa shape index (κ1) is 16.0. The minimum Gasteiger partial charge on any atom is -0.376 e. The van der Waals surface area contributed by atoms with Crippen LogP contribution in [-0.2, 0) is 27.2 Å². The van der Waals surface area contributed by atoms with Gasteiger partial charge >= 0.3 is 11.8 Å².